The highest BCUT2D eigenvalue weighted by molar-refractivity contribution is 5.99. The lowest BCUT2D eigenvalue weighted by Crippen LogP contribution is -2.26. The monoisotopic (exact) mass is 420 g/mol. The van der Waals surface area contributed by atoms with E-state index in [9.17, 15) is 9.59 Å². The van der Waals surface area contributed by atoms with Crippen molar-refractivity contribution in [1.82, 2.24) is 4.98 Å². The summed E-state index contributed by atoms with van der Waals surface area (Å²) in [7, 11) is 0. The van der Waals surface area contributed by atoms with E-state index in [2.05, 4.69) is 10.3 Å². The van der Waals surface area contributed by atoms with E-state index < -0.39 is 18.0 Å². The zero-order valence-electron chi connectivity index (χ0n) is 17.4. The smallest absolute Gasteiger partial charge is 0.344 e. The number of hydrogen-bond acceptors (Lipinski definition) is 6. The fraction of sp³-hybridized carbons (Fsp3) is 0.208. The van der Waals surface area contributed by atoms with Crippen LogP contribution >= 0.6 is 0 Å². The van der Waals surface area contributed by atoms with E-state index in [1.54, 1.807) is 61.5 Å². The van der Waals surface area contributed by atoms with Crippen molar-refractivity contribution < 1.29 is 23.8 Å². The fourth-order valence-corrected chi connectivity index (χ4v) is 2.92. The second kappa shape index (κ2) is 10.8. The molecule has 160 valence electrons. The van der Waals surface area contributed by atoms with Gasteiger partial charge in [0.1, 0.15) is 11.3 Å². The molecule has 1 heterocycles. The zero-order valence-corrected chi connectivity index (χ0v) is 17.4. The van der Waals surface area contributed by atoms with E-state index in [0.717, 1.165) is 0 Å². The maximum atomic E-state index is 13.2. The molecular weight excluding hydrogens is 396 g/mol. The van der Waals surface area contributed by atoms with Gasteiger partial charge in [-0.2, -0.15) is 0 Å². The standard InChI is InChI=1S/C24H24N2O5/c1-3-29-20-15-9-8-14-19(20)26-22(27)21(17-11-6-5-7-12-17)31-24(28)18-13-10-16-25-23(18)30-4-2/h5-16,21H,3-4H2,1-2H3,(H,26,27). The number of nitrogens with one attached hydrogen (secondary N) is 1. The molecule has 0 saturated heterocycles. The summed E-state index contributed by atoms with van der Waals surface area (Å²) in [5, 5.41) is 2.80. The SMILES string of the molecule is CCOc1ccccc1NC(=O)C(OC(=O)c1cccnc1OCC)c1ccccc1. The van der Waals surface area contributed by atoms with Crippen molar-refractivity contribution in [3.05, 3.63) is 84.1 Å². The van der Waals surface area contributed by atoms with Crippen LogP contribution in [0.4, 0.5) is 5.69 Å². The molecule has 0 saturated carbocycles. The normalized spacial score (nSPS) is 11.3. The number of ether oxygens (including phenoxy) is 3. The third kappa shape index (κ3) is 5.60. The van der Waals surface area contributed by atoms with Gasteiger partial charge in [-0.1, -0.05) is 42.5 Å². The average Bonchev–Trinajstić information content (AvgIpc) is 2.80. The van der Waals surface area contributed by atoms with Gasteiger partial charge in [-0.3, -0.25) is 4.79 Å². The van der Waals surface area contributed by atoms with Gasteiger partial charge < -0.3 is 19.5 Å². The lowest BCUT2D eigenvalue weighted by molar-refractivity contribution is -0.125. The third-order valence-corrected chi connectivity index (χ3v) is 4.28. The van der Waals surface area contributed by atoms with E-state index in [0.29, 0.717) is 30.2 Å². The van der Waals surface area contributed by atoms with Crippen LogP contribution in [-0.2, 0) is 9.53 Å². The first-order valence-electron chi connectivity index (χ1n) is 10.0. The van der Waals surface area contributed by atoms with Crippen molar-refractivity contribution in [2.45, 2.75) is 20.0 Å². The fourth-order valence-electron chi connectivity index (χ4n) is 2.92. The Balaban J connectivity index is 1.88. The van der Waals surface area contributed by atoms with Crippen molar-refractivity contribution in [3.8, 4) is 11.6 Å². The summed E-state index contributed by atoms with van der Waals surface area (Å²) < 4.78 is 16.6. The number of amides is 1. The summed E-state index contributed by atoms with van der Waals surface area (Å²) >= 11 is 0. The molecule has 2 aromatic carbocycles. The minimum Gasteiger partial charge on any atom is -0.492 e. The van der Waals surface area contributed by atoms with Crippen LogP contribution in [0, 0.1) is 0 Å². The molecule has 3 aromatic rings. The largest absolute Gasteiger partial charge is 0.492 e. The Hall–Kier alpha value is -3.87. The van der Waals surface area contributed by atoms with Crippen molar-refractivity contribution >= 4 is 17.6 Å². The first-order chi connectivity index (χ1) is 15.1. The van der Waals surface area contributed by atoms with Gasteiger partial charge in [0.05, 0.1) is 18.9 Å². The van der Waals surface area contributed by atoms with Crippen LogP contribution in [0.3, 0.4) is 0 Å². The van der Waals surface area contributed by atoms with Gasteiger partial charge in [-0.05, 0) is 38.1 Å². The van der Waals surface area contributed by atoms with Gasteiger partial charge >= 0.3 is 5.97 Å². The Morgan fingerprint density at radius 3 is 2.35 bits per heavy atom. The number of benzene rings is 2. The van der Waals surface area contributed by atoms with Gasteiger partial charge in [0.2, 0.25) is 12.0 Å². The summed E-state index contributed by atoms with van der Waals surface area (Å²) in [6.07, 6.45) is 0.339. The van der Waals surface area contributed by atoms with E-state index in [1.807, 2.05) is 19.1 Å². The number of carbonyl (C=O) groups is 2. The second-order valence-corrected chi connectivity index (χ2v) is 6.40. The number of nitrogens with zero attached hydrogens (tertiary/aromatic N) is 1. The Morgan fingerprint density at radius 2 is 1.61 bits per heavy atom. The second-order valence-electron chi connectivity index (χ2n) is 6.40. The number of carbonyl (C=O) groups excluding carboxylic acids is 2. The van der Waals surface area contributed by atoms with Crippen LogP contribution in [0.15, 0.2) is 72.9 Å². The van der Waals surface area contributed by atoms with Crippen molar-refractivity contribution in [1.29, 1.82) is 0 Å². The minimum absolute atomic E-state index is 0.146. The molecular formula is C24H24N2O5. The first kappa shape index (κ1) is 21.8. The summed E-state index contributed by atoms with van der Waals surface area (Å²) in [5.74, 6) is -0.529. The molecule has 1 amide bonds. The van der Waals surface area contributed by atoms with E-state index in [-0.39, 0.29) is 11.4 Å². The van der Waals surface area contributed by atoms with Gasteiger partial charge in [-0.15, -0.1) is 0 Å². The van der Waals surface area contributed by atoms with Crippen molar-refractivity contribution in [3.63, 3.8) is 0 Å². The van der Waals surface area contributed by atoms with Crippen LogP contribution in [0.25, 0.3) is 0 Å². The van der Waals surface area contributed by atoms with Gasteiger partial charge in [0.25, 0.3) is 5.91 Å². The molecule has 7 nitrogen and oxygen atoms in total. The Kier molecular flexibility index (Phi) is 7.59. The van der Waals surface area contributed by atoms with Crippen molar-refractivity contribution in [2.24, 2.45) is 0 Å². The zero-order chi connectivity index (χ0) is 22.1. The molecule has 31 heavy (non-hydrogen) atoms. The Labute approximate surface area is 181 Å². The Morgan fingerprint density at radius 1 is 0.903 bits per heavy atom. The molecule has 0 fully saturated rings. The quantitative estimate of drug-likeness (QED) is 0.516. The predicted molar refractivity (Wildman–Crippen MR) is 116 cm³/mol. The summed E-state index contributed by atoms with van der Waals surface area (Å²) in [5.41, 5.74) is 1.17. The highest BCUT2D eigenvalue weighted by Crippen LogP contribution is 2.28. The lowest BCUT2D eigenvalue weighted by Gasteiger charge is -2.19. The Bertz CT molecular complexity index is 1020. The molecule has 1 N–H and O–H groups in total. The molecule has 3 rings (SSSR count). The van der Waals surface area contributed by atoms with Crippen LogP contribution < -0.4 is 14.8 Å². The molecule has 0 aliphatic rings. The first-order valence-corrected chi connectivity index (χ1v) is 10.0. The predicted octanol–water partition coefficient (Wildman–Crippen LogP) is 4.42. The summed E-state index contributed by atoms with van der Waals surface area (Å²) in [6, 6.07) is 19.0. The molecule has 1 atom stereocenters. The number of pyridine rings is 1. The third-order valence-electron chi connectivity index (χ3n) is 4.28. The number of para-hydroxylation sites is 2. The van der Waals surface area contributed by atoms with Crippen LogP contribution in [0.1, 0.15) is 35.9 Å². The molecule has 0 aliphatic heterocycles. The maximum absolute atomic E-state index is 13.2. The highest BCUT2D eigenvalue weighted by atomic mass is 16.6. The summed E-state index contributed by atoms with van der Waals surface area (Å²) in [4.78, 5) is 30.1. The topological polar surface area (TPSA) is 86.8 Å². The van der Waals surface area contributed by atoms with E-state index >= 15 is 0 Å². The van der Waals surface area contributed by atoms with Crippen LogP contribution in [-0.4, -0.2) is 30.1 Å². The number of rotatable bonds is 9. The summed E-state index contributed by atoms with van der Waals surface area (Å²) in [6.45, 7) is 4.44. The highest BCUT2D eigenvalue weighted by Gasteiger charge is 2.28. The van der Waals surface area contributed by atoms with Gasteiger partial charge in [0, 0.05) is 11.8 Å². The number of esters is 1. The molecule has 1 unspecified atom stereocenters. The molecule has 0 bridgehead atoms. The van der Waals surface area contributed by atoms with Gasteiger partial charge in [0.15, 0.2) is 0 Å². The number of aromatic nitrogens is 1. The molecule has 0 radical (unpaired) electrons. The lowest BCUT2D eigenvalue weighted by atomic mass is 10.1. The number of hydrogen-bond donors (Lipinski definition) is 1. The van der Waals surface area contributed by atoms with E-state index in [4.69, 9.17) is 14.2 Å². The van der Waals surface area contributed by atoms with Crippen LogP contribution in [0.2, 0.25) is 0 Å². The minimum atomic E-state index is -1.18. The average molecular weight is 420 g/mol. The van der Waals surface area contributed by atoms with E-state index in [1.165, 1.54) is 6.20 Å². The number of anilines is 1. The van der Waals surface area contributed by atoms with Crippen LogP contribution in [0.5, 0.6) is 11.6 Å². The molecule has 0 spiro atoms. The maximum Gasteiger partial charge on any atom is 0.344 e. The molecule has 0 aliphatic carbocycles. The van der Waals surface area contributed by atoms with Gasteiger partial charge in [-0.25, -0.2) is 9.78 Å². The van der Waals surface area contributed by atoms with Crippen molar-refractivity contribution in [2.75, 3.05) is 18.5 Å². The molecule has 1 aromatic heterocycles. The molecule has 7 heteroatoms.